The molecule has 0 amide bonds. The number of carbonyl (C=O) groups is 5. The molecule has 0 bridgehead atoms. The van der Waals surface area contributed by atoms with Crippen LogP contribution in [-0.4, -0.2) is 134 Å². The van der Waals surface area contributed by atoms with Crippen molar-refractivity contribution in [1.29, 1.82) is 0 Å². The second kappa shape index (κ2) is 41.8. The second-order valence-corrected chi connectivity index (χ2v) is 29.2. The lowest BCUT2D eigenvalue weighted by atomic mass is 9.90. The zero-order valence-corrected chi connectivity index (χ0v) is 62.0. The molecule has 5 unspecified atom stereocenters. The van der Waals surface area contributed by atoms with Crippen LogP contribution in [0, 0.1) is 42.3 Å². The van der Waals surface area contributed by atoms with Crippen LogP contribution in [0.25, 0.3) is 0 Å². The minimum atomic E-state index is -0.209. The van der Waals surface area contributed by atoms with E-state index in [-0.39, 0.29) is 58.5 Å². The van der Waals surface area contributed by atoms with Gasteiger partial charge in [0, 0.05) is 148 Å². The van der Waals surface area contributed by atoms with Crippen molar-refractivity contribution in [3.8, 4) is 0 Å². The Kier molecular flexibility index (Phi) is 30.6. The first-order chi connectivity index (χ1) is 52.4. The Morgan fingerprint density at radius 2 is 0.617 bits per heavy atom. The Morgan fingerprint density at radius 1 is 0.308 bits per heavy atom. The second-order valence-electron chi connectivity index (χ2n) is 29.2. The first-order valence-electron chi connectivity index (χ1n) is 38.5. The molecule has 3 aromatic heterocycles. The largest absolute Gasteiger partial charge is 0.298 e. The van der Waals surface area contributed by atoms with Crippen LogP contribution in [0.1, 0.15) is 150 Å². The highest BCUT2D eigenvalue weighted by molar-refractivity contribution is 6.00. The summed E-state index contributed by atoms with van der Waals surface area (Å²) in [5.41, 5.74) is 11.4. The van der Waals surface area contributed by atoms with Crippen LogP contribution >= 0.6 is 0 Å². The third-order valence-corrected chi connectivity index (χ3v) is 20.9. The molecule has 5 atom stereocenters. The fraction of sp³-hybridized carbons (Fsp3) is 0.333. The predicted molar refractivity (Wildman–Crippen MR) is 424 cm³/mol. The van der Waals surface area contributed by atoms with Gasteiger partial charge in [-0.05, 0) is 180 Å². The summed E-state index contributed by atoms with van der Waals surface area (Å²) in [5, 5.41) is 0. The average Bonchev–Trinajstić information content (AvgIpc) is 0.871. The molecule has 0 spiro atoms. The summed E-state index contributed by atoms with van der Waals surface area (Å²) < 4.78 is 13.0. The summed E-state index contributed by atoms with van der Waals surface area (Å²) in [6.45, 7) is 16.1. The number of Topliss-reactive ketones (excluding diaryl/α,β-unsaturated/α-hetero) is 5. The summed E-state index contributed by atoms with van der Waals surface area (Å²) in [7, 11) is 0. The van der Waals surface area contributed by atoms with Gasteiger partial charge in [-0.1, -0.05) is 200 Å². The van der Waals surface area contributed by atoms with Crippen LogP contribution in [0.2, 0.25) is 0 Å². The molecule has 8 heterocycles. The van der Waals surface area contributed by atoms with Crippen molar-refractivity contribution in [1.82, 2.24) is 39.5 Å². The molecule has 0 saturated carbocycles. The molecule has 5 fully saturated rings. The van der Waals surface area contributed by atoms with E-state index >= 15 is 0 Å². The van der Waals surface area contributed by atoms with Gasteiger partial charge in [-0.3, -0.25) is 63.4 Å². The van der Waals surface area contributed by atoms with Crippen molar-refractivity contribution in [3.63, 3.8) is 0 Å². The minimum Gasteiger partial charge on any atom is -0.298 e. The molecular weight excluding hydrogens is 1330 g/mol. The Morgan fingerprint density at radius 3 is 0.963 bits per heavy atom. The predicted octanol–water partition coefficient (Wildman–Crippen LogP) is 17.5. The van der Waals surface area contributed by atoms with E-state index in [2.05, 4.69) is 143 Å². The van der Waals surface area contributed by atoms with E-state index in [9.17, 15) is 28.4 Å². The molecule has 10 aromatic rings. The number of pyridine rings is 3. The smallest absolute Gasteiger partial charge is 0.185 e. The number of hydrogen-bond donors (Lipinski definition) is 0. The molecule has 14 heteroatoms. The van der Waals surface area contributed by atoms with Gasteiger partial charge in [-0.2, -0.15) is 0 Å². The fourth-order valence-corrected chi connectivity index (χ4v) is 15.3. The highest BCUT2D eigenvalue weighted by atomic mass is 19.1. The van der Waals surface area contributed by atoms with Gasteiger partial charge in [0.15, 0.2) is 28.9 Å². The average molecular weight is 1430 g/mol. The number of nitrogens with zero attached hydrogens (tertiary/aromatic N) is 8. The lowest BCUT2D eigenvalue weighted by Crippen LogP contribution is -2.38. The van der Waals surface area contributed by atoms with Gasteiger partial charge in [0.2, 0.25) is 0 Å². The molecule has 7 aromatic carbocycles. The molecule has 0 aliphatic carbocycles. The molecular formula is C93H103FN8O5. The van der Waals surface area contributed by atoms with Crippen molar-refractivity contribution in [2.45, 2.75) is 104 Å². The van der Waals surface area contributed by atoms with E-state index in [1.54, 1.807) is 31.0 Å². The summed E-state index contributed by atoms with van der Waals surface area (Å²) in [4.78, 5) is 86.9. The van der Waals surface area contributed by atoms with Crippen LogP contribution in [-0.2, 0) is 32.7 Å². The maximum absolute atomic E-state index is 13.0. The number of benzene rings is 7. The number of piperidine rings is 5. The van der Waals surface area contributed by atoms with Gasteiger partial charge in [0.05, 0.1) is 0 Å². The first kappa shape index (κ1) is 78.1. The highest BCUT2D eigenvalue weighted by Gasteiger charge is 2.32. The van der Waals surface area contributed by atoms with E-state index in [4.69, 9.17) is 0 Å². The van der Waals surface area contributed by atoms with Crippen molar-refractivity contribution in [2.75, 3.05) is 65.4 Å². The molecule has 0 N–H and O–H groups in total. The van der Waals surface area contributed by atoms with Crippen LogP contribution in [0.4, 0.5) is 4.39 Å². The van der Waals surface area contributed by atoms with E-state index in [0.717, 1.165) is 190 Å². The summed E-state index contributed by atoms with van der Waals surface area (Å²) in [6, 6.07) is 78.8. The van der Waals surface area contributed by atoms with E-state index in [0.29, 0.717) is 11.5 Å². The number of ketones is 5. The van der Waals surface area contributed by atoms with E-state index < -0.39 is 0 Å². The quantitative estimate of drug-likeness (QED) is 0.0669. The van der Waals surface area contributed by atoms with Crippen molar-refractivity contribution < 1.29 is 28.4 Å². The van der Waals surface area contributed by atoms with Crippen LogP contribution in [0.3, 0.4) is 0 Å². The fourth-order valence-electron chi connectivity index (χ4n) is 15.3. The van der Waals surface area contributed by atoms with Gasteiger partial charge in [0.25, 0.3) is 0 Å². The lowest BCUT2D eigenvalue weighted by molar-refractivity contribution is 0.0801. The van der Waals surface area contributed by atoms with E-state index in [1.165, 1.54) is 39.9 Å². The SMILES string of the molecule is Cc1ccc(CN2CCCC(C(=O)c3ccccc3)C2)cc1.O=C(c1ccccc1)C1CCCN(Cc2ccc(F)cc2)C1.O=C(c1ccccn1)C1CCCN(Cc2ccccc2)C1.O=C(c1cccnc1)C1CCCN(Cc2ccccc2)C1.O=C(c1ccncc1)C1CCCN(Cc2ccccc2)C1. The minimum absolute atomic E-state index is 0.0663. The number of aryl methyl sites for hydroxylation is 1. The van der Waals surface area contributed by atoms with Crippen LogP contribution in [0.5, 0.6) is 0 Å². The number of halogens is 1. The van der Waals surface area contributed by atoms with Gasteiger partial charge >= 0.3 is 0 Å². The number of hydrogen-bond acceptors (Lipinski definition) is 13. The Hall–Kier alpha value is -9.93. The topological polar surface area (TPSA) is 140 Å². The van der Waals surface area contributed by atoms with E-state index in [1.807, 2.05) is 133 Å². The van der Waals surface area contributed by atoms with Crippen molar-refractivity contribution >= 4 is 28.9 Å². The van der Waals surface area contributed by atoms with Gasteiger partial charge in [-0.25, -0.2) is 4.39 Å². The third kappa shape index (κ3) is 25.1. The highest BCUT2D eigenvalue weighted by Crippen LogP contribution is 2.28. The third-order valence-electron chi connectivity index (χ3n) is 20.9. The molecule has 15 rings (SSSR count). The molecule has 0 radical (unpaired) electrons. The van der Waals surface area contributed by atoms with Gasteiger partial charge in [-0.15, -0.1) is 0 Å². The number of carbonyl (C=O) groups excluding carboxylic acids is 5. The normalized spacial score (nSPS) is 19.2. The zero-order chi connectivity index (χ0) is 74.2. The Balaban J connectivity index is 0.000000133. The van der Waals surface area contributed by atoms with Crippen molar-refractivity contribution in [2.24, 2.45) is 29.6 Å². The summed E-state index contributed by atoms with van der Waals surface area (Å²) in [6.07, 6.45) is 18.8. The maximum Gasteiger partial charge on any atom is 0.185 e. The van der Waals surface area contributed by atoms with Crippen molar-refractivity contribution in [3.05, 3.63) is 341 Å². The molecule has 5 aliphatic heterocycles. The summed E-state index contributed by atoms with van der Waals surface area (Å²) >= 11 is 0. The maximum atomic E-state index is 13.0. The monoisotopic (exact) mass is 1430 g/mol. The molecule has 552 valence electrons. The first-order valence-corrected chi connectivity index (χ1v) is 38.5. The Labute approximate surface area is 633 Å². The zero-order valence-electron chi connectivity index (χ0n) is 62.0. The molecule has 5 saturated heterocycles. The Bertz CT molecular complexity index is 3910. The molecule has 13 nitrogen and oxygen atoms in total. The standard InChI is InChI=1S/C20H23NO.C19H20FNO.3C18H20N2O/c1-16-9-11-17(12-10-16)14-21-13-5-8-19(15-21)20(22)18-6-3-2-4-7-18;20-18-10-8-15(9-11-18)13-21-12-4-7-17(14-21)19(22)16-5-2-1-3-6-16;21-18(16-8-4-10-19-12-16)17-9-5-11-20(14-17)13-15-6-2-1-3-7-15;21-18(17-10-4-5-11-19-17)16-9-6-12-20(14-16)13-15-7-2-1-3-8-15;21-18(16-8-10-19-11-9-16)17-7-4-12-20(14-17)13-15-5-2-1-3-6-15/h2-4,6-7,9-12,19H,5,8,13-15H2,1H3;1-3,5-6,8-11,17H,4,7,12-14H2;1-4,6-8,10,12,17H,5,9,11,13-14H2;1-5,7-8,10-11,16H,6,9,12-14H2;1-3,5-6,8-11,17H,4,7,12-14H2. The van der Waals surface area contributed by atoms with Gasteiger partial charge in [0.1, 0.15) is 11.5 Å². The van der Waals surface area contributed by atoms with Gasteiger partial charge < -0.3 is 0 Å². The summed E-state index contributed by atoms with van der Waals surface area (Å²) in [5.74, 6) is 1.52. The lowest BCUT2D eigenvalue weighted by Gasteiger charge is -2.32. The van der Waals surface area contributed by atoms with Crippen LogP contribution < -0.4 is 0 Å². The molecule has 5 aliphatic rings. The number of likely N-dealkylation sites (tertiary alicyclic amines) is 5. The molecule has 107 heavy (non-hydrogen) atoms. The number of rotatable bonds is 20. The number of aromatic nitrogens is 3. The van der Waals surface area contributed by atoms with Crippen LogP contribution in [0.15, 0.2) is 274 Å².